The van der Waals surface area contributed by atoms with Crippen LogP contribution in [-0.2, 0) is 4.79 Å². The predicted octanol–water partition coefficient (Wildman–Crippen LogP) is 3.66. The Morgan fingerprint density at radius 3 is 2.62 bits per heavy atom. The Morgan fingerprint density at radius 1 is 1.29 bits per heavy atom. The molecule has 0 atom stereocenters. The number of rotatable bonds is 5. The monoisotopic (exact) mass is 322 g/mol. The second-order valence-electron chi connectivity index (χ2n) is 4.25. The third kappa shape index (κ3) is 4.58. The molecule has 0 aromatic heterocycles. The van der Waals surface area contributed by atoms with Crippen molar-refractivity contribution in [2.75, 3.05) is 23.9 Å². The number of carbonyl (C=O) groups is 1. The molecule has 0 radical (unpaired) electrons. The van der Waals surface area contributed by atoms with Gasteiger partial charge in [-0.2, -0.15) is 0 Å². The molecule has 0 aliphatic heterocycles. The van der Waals surface area contributed by atoms with Crippen LogP contribution in [0.15, 0.2) is 47.4 Å². The number of methoxy groups -OCH3 is 1. The zero-order chi connectivity index (χ0) is 15.2. The molecule has 0 heterocycles. The summed E-state index contributed by atoms with van der Waals surface area (Å²) in [4.78, 5) is 12.7. The van der Waals surface area contributed by atoms with E-state index >= 15 is 0 Å². The highest BCUT2D eigenvalue weighted by molar-refractivity contribution is 8.00. The smallest absolute Gasteiger partial charge is 0.234 e. The van der Waals surface area contributed by atoms with E-state index in [0.717, 1.165) is 16.3 Å². The summed E-state index contributed by atoms with van der Waals surface area (Å²) in [5.74, 6) is 0.925. The van der Waals surface area contributed by atoms with Crippen molar-refractivity contribution in [3.05, 3.63) is 47.5 Å². The van der Waals surface area contributed by atoms with Gasteiger partial charge in [0, 0.05) is 21.3 Å². The van der Waals surface area contributed by atoms with E-state index in [1.165, 1.54) is 11.8 Å². The molecule has 0 spiro atoms. The van der Waals surface area contributed by atoms with E-state index < -0.39 is 0 Å². The average Bonchev–Trinajstić information content (AvgIpc) is 2.47. The number of halogens is 1. The maximum Gasteiger partial charge on any atom is 0.234 e. The van der Waals surface area contributed by atoms with E-state index in [9.17, 15) is 4.79 Å². The third-order valence-electron chi connectivity index (χ3n) is 2.70. The molecule has 2 aromatic rings. The number of benzene rings is 2. The fourth-order valence-electron chi connectivity index (χ4n) is 1.67. The van der Waals surface area contributed by atoms with Crippen LogP contribution in [0.5, 0.6) is 5.75 Å². The molecular formula is C15H15ClN2O2S. The van der Waals surface area contributed by atoms with Crippen LogP contribution in [0, 0.1) is 0 Å². The van der Waals surface area contributed by atoms with Gasteiger partial charge in [0.2, 0.25) is 5.91 Å². The first-order valence-corrected chi connectivity index (χ1v) is 7.56. The number of anilines is 2. The van der Waals surface area contributed by atoms with Crippen molar-refractivity contribution in [1.82, 2.24) is 0 Å². The molecule has 0 saturated heterocycles. The van der Waals surface area contributed by atoms with E-state index in [-0.39, 0.29) is 11.7 Å². The summed E-state index contributed by atoms with van der Waals surface area (Å²) in [5.41, 5.74) is 7.14. The number of nitrogen functional groups attached to an aromatic ring is 1. The van der Waals surface area contributed by atoms with Gasteiger partial charge in [-0.05, 0) is 42.5 Å². The number of nitrogens with one attached hydrogen (secondary N) is 1. The zero-order valence-electron chi connectivity index (χ0n) is 11.4. The Balaban J connectivity index is 1.89. The average molecular weight is 323 g/mol. The first-order chi connectivity index (χ1) is 10.1. The van der Waals surface area contributed by atoms with E-state index in [2.05, 4.69) is 5.32 Å². The quantitative estimate of drug-likeness (QED) is 0.651. The molecule has 0 saturated carbocycles. The van der Waals surface area contributed by atoms with Crippen LogP contribution in [0.3, 0.4) is 0 Å². The van der Waals surface area contributed by atoms with Crippen molar-refractivity contribution in [3.8, 4) is 5.75 Å². The van der Waals surface area contributed by atoms with E-state index in [1.54, 1.807) is 43.5 Å². The highest BCUT2D eigenvalue weighted by Gasteiger charge is 2.06. The highest BCUT2D eigenvalue weighted by atomic mass is 35.5. The first-order valence-electron chi connectivity index (χ1n) is 6.20. The summed E-state index contributed by atoms with van der Waals surface area (Å²) in [6.07, 6.45) is 0. The van der Waals surface area contributed by atoms with Crippen molar-refractivity contribution in [2.45, 2.75) is 4.90 Å². The van der Waals surface area contributed by atoms with Crippen molar-refractivity contribution in [2.24, 2.45) is 0 Å². The second kappa shape index (κ2) is 7.24. The number of carbonyl (C=O) groups excluding carboxylic acids is 1. The normalized spacial score (nSPS) is 10.2. The van der Waals surface area contributed by atoms with Gasteiger partial charge in [-0.15, -0.1) is 11.8 Å². The van der Waals surface area contributed by atoms with Crippen molar-refractivity contribution in [3.63, 3.8) is 0 Å². The lowest BCUT2D eigenvalue weighted by molar-refractivity contribution is -0.113. The molecule has 6 heteroatoms. The first kappa shape index (κ1) is 15.5. The molecule has 2 aromatic carbocycles. The minimum atomic E-state index is -0.0977. The molecule has 0 unspecified atom stereocenters. The largest absolute Gasteiger partial charge is 0.497 e. The van der Waals surface area contributed by atoms with Crippen LogP contribution >= 0.6 is 23.4 Å². The van der Waals surface area contributed by atoms with Crippen LogP contribution in [0.25, 0.3) is 0 Å². The zero-order valence-corrected chi connectivity index (χ0v) is 13.0. The fourth-order valence-corrected chi connectivity index (χ4v) is 2.59. The van der Waals surface area contributed by atoms with Gasteiger partial charge < -0.3 is 15.8 Å². The van der Waals surface area contributed by atoms with Gasteiger partial charge in [0.1, 0.15) is 5.75 Å². The molecule has 110 valence electrons. The number of amides is 1. The lowest BCUT2D eigenvalue weighted by Crippen LogP contribution is -2.14. The lowest BCUT2D eigenvalue weighted by atomic mass is 10.3. The van der Waals surface area contributed by atoms with Crippen LogP contribution < -0.4 is 15.8 Å². The maximum atomic E-state index is 11.9. The fraction of sp³-hybridized carbons (Fsp3) is 0.133. The standard InChI is InChI=1S/C15H15ClN2O2S/c1-20-12-5-3-11(4-6-12)18-15(19)9-21-14-7-2-10(16)8-13(14)17/h2-8H,9,17H2,1H3,(H,18,19). The minimum Gasteiger partial charge on any atom is -0.497 e. The molecule has 3 N–H and O–H groups in total. The van der Waals surface area contributed by atoms with Crippen molar-refractivity contribution < 1.29 is 9.53 Å². The van der Waals surface area contributed by atoms with Crippen LogP contribution in [0.4, 0.5) is 11.4 Å². The summed E-state index contributed by atoms with van der Waals surface area (Å²) >= 11 is 7.20. The van der Waals surface area contributed by atoms with Gasteiger partial charge in [0.15, 0.2) is 0 Å². The SMILES string of the molecule is COc1ccc(NC(=O)CSc2ccc(Cl)cc2N)cc1. The van der Waals surface area contributed by atoms with Gasteiger partial charge in [0.25, 0.3) is 0 Å². The molecule has 4 nitrogen and oxygen atoms in total. The molecule has 1 amide bonds. The summed E-state index contributed by atoms with van der Waals surface area (Å²) in [6.45, 7) is 0. The van der Waals surface area contributed by atoms with Gasteiger partial charge >= 0.3 is 0 Å². The van der Waals surface area contributed by atoms with Crippen LogP contribution in [0.2, 0.25) is 5.02 Å². The molecule has 0 bridgehead atoms. The van der Waals surface area contributed by atoms with Gasteiger partial charge in [-0.25, -0.2) is 0 Å². The van der Waals surface area contributed by atoms with Crippen LogP contribution in [0.1, 0.15) is 0 Å². The molecule has 0 aliphatic carbocycles. The third-order valence-corrected chi connectivity index (χ3v) is 4.03. The molecule has 21 heavy (non-hydrogen) atoms. The maximum absolute atomic E-state index is 11.9. The van der Waals surface area contributed by atoms with Crippen molar-refractivity contribution >= 4 is 40.6 Å². The number of hydrogen-bond acceptors (Lipinski definition) is 4. The Hall–Kier alpha value is -1.85. The molecule has 0 aliphatic rings. The molecular weight excluding hydrogens is 308 g/mol. The molecule has 2 rings (SSSR count). The number of nitrogens with two attached hydrogens (primary N) is 1. The predicted molar refractivity (Wildman–Crippen MR) is 88.2 cm³/mol. The number of hydrogen-bond donors (Lipinski definition) is 2. The highest BCUT2D eigenvalue weighted by Crippen LogP contribution is 2.27. The van der Waals surface area contributed by atoms with E-state index in [1.807, 2.05) is 6.07 Å². The summed E-state index contributed by atoms with van der Waals surface area (Å²) in [6, 6.07) is 12.4. The van der Waals surface area contributed by atoms with E-state index in [0.29, 0.717) is 10.7 Å². The van der Waals surface area contributed by atoms with Crippen LogP contribution in [-0.4, -0.2) is 18.8 Å². The Labute approximate surface area is 132 Å². The second-order valence-corrected chi connectivity index (χ2v) is 5.70. The number of ether oxygens (including phenoxy) is 1. The van der Waals surface area contributed by atoms with Gasteiger partial charge in [0.05, 0.1) is 12.9 Å². The lowest BCUT2D eigenvalue weighted by Gasteiger charge is -2.07. The van der Waals surface area contributed by atoms with Gasteiger partial charge in [-0.3, -0.25) is 4.79 Å². The van der Waals surface area contributed by atoms with E-state index in [4.69, 9.17) is 22.1 Å². The molecule has 0 fully saturated rings. The Bertz CT molecular complexity index is 632. The number of thioether (sulfide) groups is 1. The van der Waals surface area contributed by atoms with Crippen molar-refractivity contribution in [1.29, 1.82) is 0 Å². The Morgan fingerprint density at radius 2 is 2.00 bits per heavy atom. The van der Waals surface area contributed by atoms with Gasteiger partial charge in [-0.1, -0.05) is 11.6 Å². The Kier molecular flexibility index (Phi) is 5.36. The minimum absolute atomic E-state index is 0.0977. The summed E-state index contributed by atoms with van der Waals surface area (Å²) in [5, 5.41) is 3.40. The summed E-state index contributed by atoms with van der Waals surface area (Å²) < 4.78 is 5.06. The summed E-state index contributed by atoms with van der Waals surface area (Å²) in [7, 11) is 1.60. The topological polar surface area (TPSA) is 64.3 Å².